The molecule has 1 aromatic heterocycles. The second-order valence-electron chi connectivity index (χ2n) is 4.24. The molecule has 0 saturated carbocycles. The number of carbonyl (C=O) groups excluding carboxylic acids is 2. The Morgan fingerprint density at radius 1 is 1.55 bits per heavy atom. The predicted octanol–water partition coefficient (Wildman–Crippen LogP) is -0.450. The zero-order valence-electron chi connectivity index (χ0n) is 11.7. The van der Waals surface area contributed by atoms with E-state index in [9.17, 15) is 9.59 Å². The number of methoxy groups -OCH3 is 1. The van der Waals surface area contributed by atoms with Crippen LogP contribution in [0.4, 0.5) is 5.69 Å². The molecule has 8 nitrogen and oxygen atoms in total. The molecule has 8 heteroatoms. The first-order chi connectivity index (χ1) is 9.52. The molecule has 1 rings (SSSR count). The third-order valence-corrected chi connectivity index (χ3v) is 2.45. The maximum Gasteiger partial charge on any atom is 0.328 e. The molecule has 1 unspecified atom stereocenters. The Morgan fingerprint density at radius 2 is 2.30 bits per heavy atom. The summed E-state index contributed by atoms with van der Waals surface area (Å²) in [5.74, 6) is -0.887. The molecule has 0 bridgehead atoms. The van der Waals surface area contributed by atoms with Crippen LogP contribution < -0.4 is 11.1 Å². The Labute approximate surface area is 117 Å². The second-order valence-corrected chi connectivity index (χ2v) is 4.24. The molecule has 1 amide bonds. The van der Waals surface area contributed by atoms with Crippen LogP contribution in [0, 0.1) is 0 Å². The molecule has 0 aliphatic rings. The lowest BCUT2D eigenvalue weighted by molar-refractivity contribution is -0.155. The highest BCUT2D eigenvalue weighted by Crippen LogP contribution is 1.99. The van der Waals surface area contributed by atoms with Crippen LogP contribution >= 0.6 is 0 Å². The summed E-state index contributed by atoms with van der Waals surface area (Å²) in [6.45, 7) is 2.47. The minimum atomic E-state index is -0.849. The first-order valence-electron chi connectivity index (χ1n) is 6.27. The van der Waals surface area contributed by atoms with Crippen LogP contribution in [0.1, 0.15) is 13.3 Å². The van der Waals surface area contributed by atoms with Gasteiger partial charge >= 0.3 is 5.97 Å². The zero-order valence-corrected chi connectivity index (χ0v) is 11.7. The first kappa shape index (κ1) is 16.0. The topological polar surface area (TPSA) is 108 Å². The lowest BCUT2D eigenvalue weighted by Crippen LogP contribution is -2.37. The fourth-order valence-corrected chi connectivity index (χ4v) is 1.46. The quantitative estimate of drug-likeness (QED) is 0.494. The van der Waals surface area contributed by atoms with Crippen LogP contribution in [0.15, 0.2) is 12.4 Å². The second kappa shape index (κ2) is 8.16. The van der Waals surface area contributed by atoms with Crippen LogP contribution in [0.2, 0.25) is 0 Å². The molecule has 20 heavy (non-hydrogen) atoms. The van der Waals surface area contributed by atoms with Crippen molar-refractivity contribution in [1.29, 1.82) is 0 Å². The number of amides is 1. The number of rotatable bonds is 8. The van der Waals surface area contributed by atoms with E-state index in [1.54, 1.807) is 7.11 Å². The van der Waals surface area contributed by atoms with E-state index in [-0.39, 0.29) is 12.5 Å². The molecule has 0 aromatic carbocycles. The average Bonchev–Trinajstić information content (AvgIpc) is 2.79. The van der Waals surface area contributed by atoms with Gasteiger partial charge in [-0.2, -0.15) is 5.10 Å². The number of hydrogen-bond donors (Lipinski definition) is 2. The number of carbonyl (C=O) groups is 2. The van der Waals surface area contributed by atoms with E-state index in [4.69, 9.17) is 15.2 Å². The summed E-state index contributed by atoms with van der Waals surface area (Å²) in [6.07, 6.45) is 2.80. The van der Waals surface area contributed by atoms with Crippen molar-refractivity contribution >= 4 is 17.6 Å². The minimum absolute atomic E-state index is 0.0848. The van der Waals surface area contributed by atoms with E-state index in [0.717, 1.165) is 0 Å². The van der Waals surface area contributed by atoms with Gasteiger partial charge in [-0.1, -0.05) is 0 Å². The van der Waals surface area contributed by atoms with Gasteiger partial charge in [0.25, 0.3) is 5.91 Å². The molecule has 0 spiro atoms. The SMILES string of the molecule is COCCCNC(=O)C(C)OC(=O)Cn1cc(N)cn1. The largest absolute Gasteiger partial charge is 0.451 e. The maximum absolute atomic E-state index is 11.6. The van der Waals surface area contributed by atoms with Gasteiger partial charge in [0.15, 0.2) is 6.10 Å². The van der Waals surface area contributed by atoms with Gasteiger partial charge in [0.1, 0.15) is 6.54 Å². The Bertz CT molecular complexity index is 446. The summed E-state index contributed by atoms with van der Waals surface area (Å²) in [5, 5.41) is 6.51. The number of nitrogen functional groups attached to an aromatic ring is 1. The number of anilines is 1. The predicted molar refractivity (Wildman–Crippen MR) is 71.7 cm³/mol. The number of esters is 1. The molecule has 3 N–H and O–H groups in total. The maximum atomic E-state index is 11.6. The highest BCUT2D eigenvalue weighted by atomic mass is 16.5. The Hall–Kier alpha value is -2.09. The number of hydrogen-bond acceptors (Lipinski definition) is 6. The van der Waals surface area contributed by atoms with Gasteiger partial charge in [0.05, 0.1) is 11.9 Å². The van der Waals surface area contributed by atoms with E-state index >= 15 is 0 Å². The van der Waals surface area contributed by atoms with Crippen molar-refractivity contribution in [2.75, 3.05) is 26.0 Å². The van der Waals surface area contributed by atoms with Crippen molar-refractivity contribution < 1.29 is 19.1 Å². The average molecular weight is 284 g/mol. The molecule has 1 atom stereocenters. The monoisotopic (exact) mass is 284 g/mol. The van der Waals surface area contributed by atoms with Crippen LogP contribution in [0.5, 0.6) is 0 Å². The minimum Gasteiger partial charge on any atom is -0.451 e. The molecule has 0 aliphatic heterocycles. The lowest BCUT2D eigenvalue weighted by atomic mass is 10.3. The summed E-state index contributed by atoms with van der Waals surface area (Å²) in [5.41, 5.74) is 5.93. The highest BCUT2D eigenvalue weighted by molar-refractivity contribution is 5.83. The summed E-state index contributed by atoms with van der Waals surface area (Å²) >= 11 is 0. The number of aromatic nitrogens is 2. The van der Waals surface area contributed by atoms with Crippen molar-refractivity contribution in [3.05, 3.63) is 12.4 Å². The summed E-state index contributed by atoms with van der Waals surface area (Å²) in [7, 11) is 1.59. The fourth-order valence-electron chi connectivity index (χ4n) is 1.46. The Morgan fingerprint density at radius 3 is 2.90 bits per heavy atom. The van der Waals surface area contributed by atoms with Crippen LogP contribution in [-0.2, 0) is 25.6 Å². The zero-order chi connectivity index (χ0) is 15.0. The van der Waals surface area contributed by atoms with E-state index in [1.165, 1.54) is 24.0 Å². The van der Waals surface area contributed by atoms with Crippen LogP contribution in [-0.4, -0.2) is 48.0 Å². The van der Waals surface area contributed by atoms with E-state index in [1.807, 2.05) is 0 Å². The first-order valence-corrected chi connectivity index (χ1v) is 6.27. The number of ether oxygens (including phenoxy) is 2. The molecule has 0 radical (unpaired) electrons. The van der Waals surface area contributed by atoms with E-state index < -0.39 is 12.1 Å². The van der Waals surface area contributed by atoms with Crippen molar-refractivity contribution in [3.63, 3.8) is 0 Å². The van der Waals surface area contributed by atoms with Crippen LogP contribution in [0.25, 0.3) is 0 Å². The molecule has 0 aliphatic carbocycles. The smallest absolute Gasteiger partial charge is 0.328 e. The standard InChI is InChI=1S/C12H20N4O4/c1-9(12(18)14-4-3-5-19-2)20-11(17)8-16-7-10(13)6-15-16/h6-7,9H,3-5,8,13H2,1-2H3,(H,14,18). The van der Waals surface area contributed by atoms with Gasteiger partial charge in [0.2, 0.25) is 0 Å². The van der Waals surface area contributed by atoms with Crippen molar-refractivity contribution in [3.8, 4) is 0 Å². The fraction of sp³-hybridized carbons (Fsp3) is 0.583. The van der Waals surface area contributed by atoms with Gasteiger partial charge < -0.3 is 20.5 Å². The molecular formula is C12H20N4O4. The Kier molecular flexibility index (Phi) is 6.51. The summed E-state index contributed by atoms with van der Waals surface area (Å²) in [4.78, 5) is 23.2. The molecule has 0 fully saturated rings. The highest BCUT2D eigenvalue weighted by Gasteiger charge is 2.17. The van der Waals surface area contributed by atoms with Gasteiger partial charge in [-0.05, 0) is 13.3 Å². The van der Waals surface area contributed by atoms with Crippen LogP contribution in [0.3, 0.4) is 0 Å². The molecule has 1 aromatic rings. The molecular weight excluding hydrogens is 264 g/mol. The van der Waals surface area contributed by atoms with Gasteiger partial charge in [-0.3, -0.25) is 14.3 Å². The van der Waals surface area contributed by atoms with E-state index in [2.05, 4.69) is 10.4 Å². The third-order valence-electron chi connectivity index (χ3n) is 2.45. The van der Waals surface area contributed by atoms with E-state index in [0.29, 0.717) is 25.3 Å². The van der Waals surface area contributed by atoms with Gasteiger partial charge in [-0.25, -0.2) is 0 Å². The summed E-state index contributed by atoms with van der Waals surface area (Å²) < 4.78 is 11.2. The van der Waals surface area contributed by atoms with Crippen molar-refractivity contribution in [2.24, 2.45) is 0 Å². The molecule has 1 heterocycles. The van der Waals surface area contributed by atoms with Crippen molar-refractivity contribution in [2.45, 2.75) is 26.0 Å². The molecule has 112 valence electrons. The molecule has 0 saturated heterocycles. The third kappa shape index (κ3) is 5.70. The normalized spacial score (nSPS) is 11.9. The number of nitrogens with one attached hydrogen (secondary N) is 1. The Balaban J connectivity index is 2.28. The lowest BCUT2D eigenvalue weighted by Gasteiger charge is -2.13. The number of nitrogens with two attached hydrogens (primary N) is 1. The van der Waals surface area contributed by atoms with Crippen molar-refractivity contribution in [1.82, 2.24) is 15.1 Å². The van der Waals surface area contributed by atoms with Gasteiger partial charge in [0, 0.05) is 26.5 Å². The number of nitrogens with zero attached hydrogens (tertiary/aromatic N) is 2. The summed E-state index contributed by atoms with van der Waals surface area (Å²) in [6, 6.07) is 0. The van der Waals surface area contributed by atoms with Gasteiger partial charge in [-0.15, -0.1) is 0 Å².